The van der Waals surface area contributed by atoms with Crippen molar-refractivity contribution in [1.29, 1.82) is 0 Å². The molecule has 0 spiro atoms. The summed E-state index contributed by atoms with van der Waals surface area (Å²) in [6.07, 6.45) is 0. The predicted molar refractivity (Wildman–Crippen MR) is 95.8 cm³/mol. The molecule has 2 rings (SSSR count). The van der Waals surface area contributed by atoms with Gasteiger partial charge < -0.3 is 10.1 Å². The van der Waals surface area contributed by atoms with Gasteiger partial charge in [-0.1, -0.05) is 56.6 Å². The van der Waals surface area contributed by atoms with Crippen LogP contribution < -0.4 is 5.32 Å². The normalized spacial score (nSPS) is 12.9. The molecule has 2 aromatic rings. The van der Waals surface area contributed by atoms with E-state index in [4.69, 9.17) is 16.3 Å². The van der Waals surface area contributed by atoms with E-state index in [2.05, 4.69) is 26.1 Å². The van der Waals surface area contributed by atoms with Gasteiger partial charge in [-0.2, -0.15) is 0 Å². The van der Waals surface area contributed by atoms with Crippen LogP contribution in [0.1, 0.15) is 37.3 Å². The first-order valence-corrected chi connectivity index (χ1v) is 8.77. The first-order valence-electron chi connectivity index (χ1n) is 7.52. The Labute approximate surface area is 146 Å². The molecule has 1 amide bonds. The minimum absolute atomic E-state index is 0.0170. The third-order valence-corrected chi connectivity index (χ3v) is 4.75. The van der Waals surface area contributed by atoms with Crippen LogP contribution in [0.4, 0.5) is 0 Å². The maximum Gasteiger partial charge on any atom is 0.246 e. The number of halogens is 1. The number of hydrogen-bond donors (Lipinski definition) is 1. The van der Waals surface area contributed by atoms with Crippen LogP contribution in [0.15, 0.2) is 41.8 Å². The third-order valence-electron chi connectivity index (χ3n) is 3.45. The fourth-order valence-electron chi connectivity index (χ4n) is 2.24. The molecule has 1 aromatic heterocycles. The maximum absolute atomic E-state index is 12.2. The highest BCUT2D eigenvalue weighted by atomic mass is 35.5. The van der Waals surface area contributed by atoms with Crippen molar-refractivity contribution in [2.75, 3.05) is 6.61 Å². The highest BCUT2D eigenvalue weighted by Crippen LogP contribution is 2.35. The SMILES string of the molecule is CC(C)(C)C(NC(=O)COCc1ccccc1Cl)c1cccs1. The van der Waals surface area contributed by atoms with Gasteiger partial charge >= 0.3 is 0 Å². The summed E-state index contributed by atoms with van der Waals surface area (Å²) in [5.41, 5.74) is 0.816. The lowest BCUT2D eigenvalue weighted by molar-refractivity contribution is -0.127. The van der Waals surface area contributed by atoms with Crippen molar-refractivity contribution in [1.82, 2.24) is 5.32 Å². The van der Waals surface area contributed by atoms with E-state index in [9.17, 15) is 4.79 Å². The van der Waals surface area contributed by atoms with Gasteiger partial charge in [0.25, 0.3) is 0 Å². The Bertz CT molecular complexity index is 635. The zero-order chi connectivity index (χ0) is 16.9. The Morgan fingerprint density at radius 2 is 2.00 bits per heavy atom. The van der Waals surface area contributed by atoms with Crippen LogP contribution in [-0.4, -0.2) is 12.5 Å². The number of thiophene rings is 1. The highest BCUT2D eigenvalue weighted by molar-refractivity contribution is 7.10. The van der Waals surface area contributed by atoms with E-state index in [1.807, 2.05) is 41.8 Å². The van der Waals surface area contributed by atoms with E-state index in [0.29, 0.717) is 11.6 Å². The van der Waals surface area contributed by atoms with Gasteiger partial charge in [-0.25, -0.2) is 0 Å². The van der Waals surface area contributed by atoms with Crippen molar-refractivity contribution < 1.29 is 9.53 Å². The predicted octanol–water partition coefficient (Wildman–Crippen LogP) is 4.82. The van der Waals surface area contributed by atoms with Crippen LogP contribution >= 0.6 is 22.9 Å². The number of rotatable bonds is 6. The van der Waals surface area contributed by atoms with Crippen molar-refractivity contribution in [3.63, 3.8) is 0 Å². The van der Waals surface area contributed by atoms with Crippen molar-refractivity contribution in [3.8, 4) is 0 Å². The molecule has 0 aliphatic carbocycles. The summed E-state index contributed by atoms with van der Waals surface area (Å²) in [6.45, 7) is 6.68. The Morgan fingerprint density at radius 1 is 1.26 bits per heavy atom. The molecule has 1 atom stereocenters. The second-order valence-corrected chi connectivity index (χ2v) is 7.85. The average Bonchev–Trinajstić information content (AvgIpc) is 2.99. The van der Waals surface area contributed by atoms with Crippen molar-refractivity contribution in [2.24, 2.45) is 5.41 Å². The molecule has 1 heterocycles. The van der Waals surface area contributed by atoms with Crippen LogP contribution in [-0.2, 0) is 16.1 Å². The van der Waals surface area contributed by atoms with E-state index >= 15 is 0 Å². The van der Waals surface area contributed by atoms with Crippen LogP contribution in [0.5, 0.6) is 0 Å². The lowest BCUT2D eigenvalue weighted by Crippen LogP contribution is -2.38. The Morgan fingerprint density at radius 3 is 2.61 bits per heavy atom. The molecule has 1 unspecified atom stereocenters. The summed E-state index contributed by atoms with van der Waals surface area (Å²) in [5.74, 6) is -0.120. The molecule has 3 nitrogen and oxygen atoms in total. The molecular weight excluding hydrogens is 330 g/mol. The summed E-state index contributed by atoms with van der Waals surface area (Å²) in [4.78, 5) is 13.4. The molecular formula is C18H22ClNO2S. The molecule has 0 fully saturated rings. The Balaban J connectivity index is 1.89. The van der Waals surface area contributed by atoms with Gasteiger partial charge in [0, 0.05) is 9.90 Å². The zero-order valence-electron chi connectivity index (χ0n) is 13.6. The first kappa shape index (κ1) is 18.0. The second-order valence-electron chi connectivity index (χ2n) is 6.47. The lowest BCUT2D eigenvalue weighted by Gasteiger charge is -2.30. The molecule has 0 bridgehead atoms. The van der Waals surface area contributed by atoms with Crippen LogP contribution in [0.3, 0.4) is 0 Å². The molecule has 1 aromatic carbocycles. The fourth-order valence-corrected chi connectivity index (χ4v) is 3.45. The van der Waals surface area contributed by atoms with Gasteiger partial charge in [-0.15, -0.1) is 11.3 Å². The number of carbonyl (C=O) groups excluding carboxylic acids is 1. The quantitative estimate of drug-likeness (QED) is 0.810. The lowest BCUT2D eigenvalue weighted by atomic mass is 9.86. The summed E-state index contributed by atoms with van der Waals surface area (Å²) < 4.78 is 5.50. The third kappa shape index (κ3) is 5.34. The van der Waals surface area contributed by atoms with Crippen molar-refractivity contribution in [2.45, 2.75) is 33.4 Å². The summed E-state index contributed by atoms with van der Waals surface area (Å²) >= 11 is 7.72. The topological polar surface area (TPSA) is 38.3 Å². The molecule has 0 saturated carbocycles. The largest absolute Gasteiger partial charge is 0.367 e. The van der Waals surface area contributed by atoms with Gasteiger partial charge in [0.1, 0.15) is 6.61 Å². The van der Waals surface area contributed by atoms with Gasteiger partial charge in [0.05, 0.1) is 12.6 Å². The first-order chi connectivity index (χ1) is 10.9. The number of amides is 1. The standard InChI is InChI=1S/C18H22ClNO2S/c1-18(2,3)17(15-9-6-10-23-15)20-16(21)12-22-11-13-7-4-5-8-14(13)19/h4-10,17H,11-12H2,1-3H3,(H,20,21). The van der Waals surface area contributed by atoms with E-state index < -0.39 is 0 Å². The van der Waals surface area contributed by atoms with Gasteiger partial charge in [0.2, 0.25) is 5.91 Å². The van der Waals surface area contributed by atoms with Crippen LogP contribution in [0.2, 0.25) is 5.02 Å². The zero-order valence-corrected chi connectivity index (χ0v) is 15.2. The van der Waals surface area contributed by atoms with Gasteiger partial charge in [-0.05, 0) is 28.5 Å². The smallest absolute Gasteiger partial charge is 0.246 e. The van der Waals surface area contributed by atoms with E-state index in [-0.39, 0.29) is 24.0 Å². The number of hydrogen-bond acceptors (Lipinski definition) is 3. The maximum atomic E-state index is 12.2. The van der Waals surface area contributed by atoms with Crippen molar-refractivity contribution >= 4 is 28.8 Å². The molecule has 0 aliphatic heterocycles. The molecule has 23 heavy (non-hydrogen) atoms. The van der Waals surface area contributed by atoms with Crippen molar-refractivity contribution in [3.05, 3.63) is 57.2 Å². The summed E-state index contributed by atoms with van der Waals surface area (Å²) in [6, 6.07) is 11.5. The molecule has 1 N–H and O–H groups in total. The molecule has 0 saturated heterocycles. The number of ether oxygens (including phenoxy) is 1. The summed E-state index contributed by atoms with van der Waals surface area (Å²) in [5, 5.41) is 5.75. The highest BCUT2D eigenvalue weighted by Gasteiger charge is 2.28. The number of nitrogens with one attached hydrogen (secondary N) is 1. The molecule has 0 aliphatic rings. The average molecular weight is 352 g/mol. The monoisotopic (exact) mass is 351 g/mol. The van der Waals surface area contributed by atoms with E-state index in [1.165, 1.54) is 0 Å². The van der Waals surface area contributed by atoms with Gasteiger partial charge in [0.15, 0.2) is 0 Å². The Kier molecular flexibility index (Phi) is 6.22. The number of benzene rings is 1. The Hall–Kier alpha value is -1.36. The molecule has 124 valence electrons. The summed E-state index contributed by atoms with van der Waals surface area (Å²) in [7, 11) is 0. The van der Waals surface area contributed by atoms with E-state index in [1.54, 1.807) is 11.3 Å². The van der Waals surface area contributed by atoms with E-state index in [0.717, 1.165) is 10.4 Å². The van der Waals surface area contributed by atoms with Crippen LogP contribution in [0.25, 0.3) is 0 Å². The number of carbonyl (C=O) groups is 1. The molecule has 0 radical (unpaired) electrons. The van der Waals surface area contributed by atoms with Gasteiger partial charge in [-0.3, -0.25) is 4.79 Å². The minimum atomic E-state index is -0.120. The molecule has 5 heteroatoms. The second kappa shape index (κ2) is 7.95. The van der Waals surface area contributed by atoms with Crippen LogP contribution in [0, 0.1) is 5.41 Å². The minimum Gasteiger partial charge on any atom is -0.367 e. The fraction of sp³-hybridized carbons (Fsp3) is 0.389.